The summed E-state index contributed by atoms with van der Waals surface area (Å²) in [5, 5.41) is 18.1. The molecule has 18 heavy (non-hydrogen) atoms. The Balaban J connectivity index is 2.68. The van der Waals surface area contributed by atoms with Gasteiger partial charge in [0.1, 0.15) is 6.73 Å². The highest BCUT2D eigenvalue weighted by molar-refractivity contribution is 5.89. The Kier molecular flexibility index (Phi) is 5.79. The van der Waals surface area contributed by atoms with Crippen LogP contribution in [0.5, 0.6) is 0 Å². The average molecular weight is 251 g/mol. The first-order valence-corrected chi connectivity index (χ1v) is 5.75. The number of aliphatic hydroxyl groups is 1. The molecular weight excluding hydrogens is 234 g/mol. The van der Waals surface area contributed by atoms with Crippen molar-refractivity contribution in [2.45, 2.75) is 13.8 Å². The highest BCUT2D eigenvalue weighted by atomic mass is 16.5. The molecule has 0 unspecified atom stereocenters. The first-order valence-electron chi connectivity index (χ1n) is 5.75. The minimum Gasteiger partial charge on any atom is -0.462 e. The van der Waals surface area contributed by atoms with E-state index < -0.39 is 0 Å². The summed E-state index contributed by atoms with van der Waals surface area (Å²) >= 11 is 0. The maximum absolute atomic E-state index is 11.4. The molecule has 0 fully saturated rings. The van der Waals surface area contributed by atoms with E-state index in [1.165, 1.54) is 5.01 Å². The average Bonchev–Trinajstić information content (AvgIpc) is 2.41. The van der Waals surface area contributed by atoms with E-state index in [0.29, 0.717) is 24.4 Å². The molecule has 0 atom stereocenters. The molecule has 1 N–H and O–H groups in total. The van der Waals surface area contributed by atoms with Gasteiger partial charge >= 0.3 is 5.97 Å². The summed E-state index contributed by atoms with van der Waals surface area (Å²) in [4.78, 5) is 11.4. The van der Waals surface area contributed by atoms with Crippen molar-refractivity contribution in [1.29, 1.82) is 0 Å². The Morgan fingerprint density at radius 3 is 2.50 bits per heavy atom. The summed E-state index contributed by atoms with van der Waals surface area (Å²) in [6.07, 6.45) is 0. The van der Waals surface area contributed by atoms with Gasteiger partial charge in [0, 0.05) is 6.54 Å². The summed E-state index contributed by atoms with van der Waals surface area (Å²) in [5.41, 5.74) is 1.08. The van der Waals surface area contributed by atoms with Gasteiger partial charge in [-0.05, 0) is 38.1 Å². The summed E-state index contributed by atoms with van der Waals surface area (Å²) in [7, 11) is 0. The molecule has 6 heteroatoms. The van der Waals surface area contributed by atoms with E-state index in [9.17, 15) is 4.79 Å². The fraction of sp³-hybridized carbons (Fsp3) is 0.417. The van der Waals surface area contributed by atoms with Crippen molar-refractivity contribution in [3.63, 3.8) is 0 Å². The Bertz CT molecular complexity index is 400. The van der Waals surface area contributed by atoms with Gasteiger partial charge in [-0.3, -0.25) is 5.01 Å². The van der Waals surface area contributed by atoms with Gasteiger partial charge in [-0.15, -0.1) is 5.11 Å². The Labute approximate surface area is 106 Å². The molecule has 0 radical (unpaired) electrons. The molecule has 0 bridgehead atoms. The van der Waals surface area contributed by atoms with E-state index in [1.54, 1.807) is 31.2 Å². The lowest BCUT2D eigenvalue weighted by molar-refractivity contribution is 0.0526. The van der Waals surface area contributed by atoms with E-state index in [1.807, 2.05) is 6.92 Å². The lowest BCUT2D eigenvalue weighted by Crippen LogP contribution is -2.16. The van der Waals surface area contributed by atoms with Gasteiger partial charge in [0.05, 0.1) is 17.9 Å². The molecule has 98 valence electrons. The van der Waals surface area contributed by atoms with E-state index in [4.69, 9.17) is 9.84 Å². The van der Waals surface area contributed by atoms with Crippen LogP contribution in [0.3, 0.4) is 0 Å². The van der Waals surface area contributed by atoms with Crippen molar-refractivity contribution in [3.8, 4) is 0 Å². The molecule has 0 aromatic heterocycles. The molecule has 0 spiro atoms. The molecule has 0 aliphatic carbocycles. The zero-order chi connectivity index (χ0) is 13.4. The highest BCUT2D eigenvalue weighted by Gasteiger charge is 2.05. The van der Waals surface area contributed by atoms with Gasteiger partial charge in [0.25, 0.3) is 0 Å². The topological polar surface area (TPSA) is 74.5 Å². The molecule has 1 rings (SSSR count). The zero-order valence-corrected chi connectivity index (χ0v) is 10.5. The van der Waals surface area contributed by atoms with Crippen molar-refractivity contribution in [3.05, 3.63) is 29.8 Å². The maximum Gasteiger partial charge on any atom is 0.338 e. The predicted molar refractivity (Wildman–Crippen MR) is 66.4 cm³/mol. The number of carbonyl (C=O) groups excluding carboxylic acids is 1. The summed E-state index contributed by atoms with van der Waals surface area (Å²) in [5.74, 6) is -0.355. The van der Waals surface area contributed by atoms with Crippen LogP contribution in [-0.2, 0) is 4.74 Å². The van der Waals surface area contributed by atoms with Crippen molar-refractivity contribution in [2.24, 2.45) is 10.3 Å². The summed E-state index contributed by atoms with van der Waals surface area (Å²) in [6, 6.07) is 6.59. The predicted octanol–water partition coefficient (Wildman–Crippen LogP) is 2.13. The van der Waals surface area contributed by atoms with Crippen molar-refractivity contribution >= 4 is 11.7 Å². The Morgan fingerprint density at radius 1 is 1.33 bits per heavy atom. The van der Waals surface area contributed by atoms with Crippen LogP contribution in [0.2, 0.25) is 0 Å². The number of hydrogen-bond acceptors (Lipinski definition) is 5. The van der Waals surface area contributed by atoms with Crippen LogP contribution < -0.4 is 0 Å². The normalized spacial score (nSPS) is 10.6. The van der Waals surface area contributed by atoms with E-state index in [0.717, 1.165) is 0 Å². The minimum absolute atomic E-state index is 0.180. The number of hydrogen-bond donors (Lipinski definition) is 1. The molecular formula is C12H17N3O3. The van der Waals surface area contributed by atoms with Gasteiger partial charge in [-0.25, -0.2) is 4.79 Å². The lowest BCUT2D eigenvalue weighted by atomic mass is 10.2. The van der Waals surface area contributed by atoms with Gasteiger partial charge in [-0.1, -0.05) is 5.22 Å². The second kappa shape index (κ2) is 7.39. The zero-order valence-electron chi connectivity index (χ0n) is 10.5. The second-order valence-electron chi connectivity index (χ2n) is 3.42. The quantitative estimate of drug-likeness (QED) is 0.364. The number of aliphatic hydroxyl groups excluding tert-OH is 1. The number of ether oxygens (including phenoxy) is 1. The Morgan fingerprint density at radius 2 is 2.00 bits per heavy atom. The minimum atomic E-state index is -0.355. The summed E-state index contributed by atoms with van der Waals surface area (Å²) in [6.45, 7) is 4.36. The smallest absolute Gasteiger partial charge is 0.338 e. The van der Waals surface area contributed by atoms with Crippen LogP contribution in [0, 0.1) is 0 Å². The van der Waals surface area contributed by atoms with E-state index in [-0.39, 0.29) is 12.7 Å². The van der Waals surface area contributed by atoms with Gasteiger partial charge in [0.2, 0.25) is 0 Å². The molecule has 0 aliphatic rings. The number of nitrogens with zero attached hydrogens (tertiary/aromatic N) is 3. The van der Waals surface area contributed by atoms with Crippen molar-refractivity contribution in [2.75, 3.05) is 19.9 Å². The third kappa shape index (κ3) is 4.14. The van der Waals surface area contributed by atoms with E-state index >= 15 is 0 Å². The van der Waals surface area contributed by atoms with Crippen LogP contribution in [0.1, 0.15) is 24.2 Å². The highest BCUT2D eigenvalue weighted by Crippen LogP contribution is 2.14. The molecule has 0 saturated heterocycles. The van der Waals surface area contributed by atoms with Gasteiger partial charge < -0.3 is 9.84 Å². The molecule has 0 amide bonds. The standard InChI is InChI=1S/C12H17N3O3/c1-3-15(9-16)14-13-11-7-5-10(6-8-11)12(17)18-4-2/h5-8,16H,3-4,9H2,1-2H3. The molecule has 0 heterocycles. The fourth-order valence-electron chi connectivity index (χ4n) is 1.19. The second-order valence-corrected chi connectivity index (χ2v) is 3.42. The molecule has 1 aromatic rings. The maximum atomic E-state index is 11.4. The monoisotopic (exact) mass is 251 g/mol. The number of esters is 1. The fourth-order valence-corrected chi connectivity index (χ4v) is 1.19. The largest absolute Gasteiger partial charge is 0.462 e. The first-order chi connectivity index (χ1) is 8.71. The Hall–Kier alpha value is -1.95. The van der Waals surface area contributed by atoms with Crippen LogP contribution >= 0.6 is 0 Å². The van der Waals surface area contributed by atoms with E-state index in [2.05, 4.69) is 10.3 Å². The van der Waals surface area contributed by atoms with Gasteiger partial charge in [-0.2, -0.15) is 0 Å². The van der Waals surface area contributed by atoms with Gasteiger partial charge in [0.15, 0.2) is 0 Å². The molecule has 6 nitrogen and oxygen atoms in total. The van der Waals surface area contributed by atoms with Crippen molar-refractivity contribution in [1.82, 2.24) is 5.01 Å². The number of benzene rings is 1. The molecule has 0 saturated carbocycles. The SMILES string of the molecule is CCOC(=O)c1ccc(N=NN(CC)CO)cc1. The third-order valence-corrected chi connectivity index (χ3v) is 2.19. The molecule has 0 aliphatic heterocycles. The molecule has 1 aromatic carbocycles. The van der Waals surface area contributed by atoms with Crippen LogP contribution in [0.25, 0.3) is 0 Å². The number of rotatable bonds is 6. The lowest BCUT2D eigenvalue weighted by Gasteiger charge is -2.09. The third-order valence-electron chi connectivity index (χ3n) is 2.19. The number of carbonyl (C=O) groups is 1. The van der Waals surface area contributed by atoms with Crippen LogP contribution in [-0.4, -0.2) is 36.0 Å². The first kappa shape index (κ1) is 14.1. The van der Waals surface area contributed by atoms with Crippen LogP contribution in [0.15, 0.2) is 34.6 Å². The summed E-state index contributed by atoms with van der Waals surface area (Å²) < 4.78 is 4.87. The van der Waals surface area contributed by atoms with Crippen LogP contribution in [0.4, 0.5) is 5.69 Å². The van der Waals surface area contributed by atoms with Crippen molar-refractivity contribution < 1.29 is 14.6 Å².